The first-order valence-electron chi connectivity index (χ1n) is 11.0. The molecule has 6 heteroatoms. The summed E-state index contributed by atoms with van der Waals surface area (Å²) in [6, 6.07) is 14.6. The molecule has 1 N–H and O–H groups in total. The van der Waals surface area contributed by atoms with Crippen molar-refractivity contribution >= 4 is 5.91 Å². The van der Waals surface area contributed by atoms with Crippen molar-refractivity contribution in [2.24, 2.45) is 5.41 Å². The van der Waals surface area contributed by atoms with Crippen LogP contribution in [0.1, 0.15) is 35.2 Å². The maximum atomic E-state index is 13.3. The zero-order valence-corrected chi connectivity index (χ0v) is 17.6. The number of amides is 1. The highest BCUT2D eigenvalue weighted by molar-refractivity contribution is 5.95. The largest absolute Gasteiger partial charge is 0.338 e. The Morgan fingerprint density at radius 3 is 2.74 bits per heavy atom. The molecule has 160 valence electrons. The van der Waals surface area contributed by atoms with Crippen LogP contribution in [0.4, 0.5) is 4.39 Å². The molecule has 0 saturated carbocycles. The number of likely N-dealkylation sites (tertiary alicyclic amines) is 2. The third kappa shape index (κ3) is 4.26. The Balaban J connectivity index is 1.26. The number of halogens is 1. The van der Waals surface area contributed by atoms with E-state index in [0.29, 0.717) is 0 Å². The second-order valence-electron chi connectivity index (χ2n) is 8.99. The summed E-state index contributed by atoms with van der Waals surface area (Å²) in [7, 11) is 0. The molecule has 31 heavy (non-hydrogen) atoms. The average molecular weight is 419 g/mol. The molecule has 1 aromatic heterocycles. The number of hydrogen-bond acceptors (Lipinski definition) is 3. The van der Waals surface area contributed by atoms with Gasteiger partial charge in [0.15, 0.2) is 0 Å². The summed E-state index contributed by atoms with van der Waals surface area (Å²) in [5.74, 6) is -0.0847. The normalized spacial score (nSPS) is 21.6. The predicted octanol–water partition coefficient (Wildman–Crippen LogP) is 4.34. The number of aromatic nitrogens is 2. The molecule has 2 saturated heterocycles. The summed E-state index contributed by atoms with van der Waals surface area (Å²) in [6.07, 6.45) is 6.95. The molecule has 5 rings (SSSR count). The molecular weight excluding hydrogens is 391 g/mol. The van der Waals surface area contributed by atoms with Gasteiger partial charge in [-0.1, -0.05) is 24.3 Å². The number of piperidine rings is 1. The number of hydrogen-bond donors (Lipinski definition) is 1. The second-order valence-corrected chi connectivity index (χ2v) is 8.99. The third-order valence-corrected chi connectivity index (χ3v) is 6.73. The van der Waals surface area contributed by atoms with E-state index >= 15 is 0 Å². The third-order valence-electron chi connectivity index (χ3n) is 6.73. The maximum Gasteiger partial charge on any atom is 0.253 e. The number of nitrogens with zero attached hydrogens (tertiary/aromatic N) is 3. The van der Waals surface area contributed by atoms with E-state index in [1.165, 1.54) is 12.1 Å². The molecule has 1 atom stereocenters. The fourth-order valence-corrected chi connectivity index (χ4v) is 5.16. The van der Waals surface area contributed by atoms with Crippen molar-refractivity contribution in [3.05, 3.63) is 77.9 Å². The van der Waals surface area contributed by atoms with E-state index < -0.39 is 0 Å². The van der Waals surface area contributed by atoms with E-state index in [-0.39, 0.29) is 17.1 Å². The minimum absolute atomic E-state index is 0.109. The van der Waals surface area contributed by atoms with Gasteiger partial charge in [0.05, 0.1) is 6.20 Å². The minimum Gasteiger partial charge on any atom is -0.338 e. The van der Waals surface area contributed by atoms with E-state index in [1.54, 1.807) is 6.20 Å². The van der Waals surface area contributed by atoms with Crippen LogP contribution in [0.15, 0.2) is 60.9 Å². The zero-order chi connectivity index (χ0) is 21.3. The molecule has 1 amide bonds. The van der Waals surface area contributed by atoms with Crippen LogP contribution in [-0.4, -0.2) is 52.1 Å². The van der Waals surface area contributed by atoms with Crippen molar-refractivity contribution in [1.82, 2.24) is 20.0 Å². The predicted molar refractivity (Wildman–Crippen MR) is 118 cm³/mol. The molecule has 0 aliphatic carbocycles. The molecule has 0 bridgehead atoms. The summed E-state index contributed by atoms with van der Waals surface area (Å²) in [5.41, 5.74) is 4.01. The zero-order valence-electron chi connectivity index (χ0n) is 17.6. The SMILES string of the molecule is O=C(c1cccc(-c2cn[nH]c2)c1)N1CCC2(CCCN(Cc3ccc(F)cc3)C2)C1. The van der Waals surface area contributed by atoms with E-state index in [4.69, 9.17) is 0 Å². The minimum atomic E-state index is -0.194. The highest BCUT2D eigenvalue weighted by Crippen LogP contribution is 2.40. The van der Waals surface area contributed by atoms with Crippen LogP contribution in [0.2, 0.25) is 0 Å². The lowest BCUT2D eigenvalue weighted by Crippen LogP contribution is -2.45. The summed E-state index contributed by atoms with van der Waals surface area (Å²) < 4.78 is 13.2. The van der Waals surface area contributed by atoms with Gasteiger partial charge in [0.2, 0.25) is 0 Å². The van der Waals surface area contributed by atoms with Crippen molar-refractivity contribution in [2.75, 3.05) is 26.2 Å². The molecule has 1 spiro atoms. The van der Waals surface area contributed by atoms with Gasteiger partial charge in [0, 0.05) is 48.9 Å². The van der Waals surface area contributed by atoms with Gasteiger partial charge >= 0.3 is 0 Å². The standard InChI is InChI=1S/C25H27FN4O/c26-23-7-5-19(6-8-23)16-29-11-2-9-25(17-29)10-12-30(18-25)24(31)21-4-1-3-20(13-21)22-14-27-28-15-22/h1,3-8,13-15H,2,9-12,16-18H2,(H,27,28). The summed E-state index contributed by atoms with van der Waals surface area (Å²) >= 11 is 0. The first-order chi connectivity index (χ1) is 15.1. The molecule has 3 heterocycles. The summed E-state index contributed by atoms with van der Waals surface area (Å²) in [5, 5.41) is 6.83. The topological polar surface area (TPSA) is 52.2 Å². The fourth-order valence-electron chi connectivity index (χ4n) is 5.16. The van der Waals surface area contributed by atoms with Crippen molar-refractivity contribution in [3.63, 3.8) is 0 Å². The van der Waals surface area contributed by atoms with Crippen molar-refractivity contribution < 1.29 is 9.18 Å². The molecule has 3 aromatic rings. The first kappa shape index (κ1) is 19.9. The molecule has 2 aliphatic heterocycles. The monoisotopic (exact) mass is 418 g/mol. The Hall–Kier alpha value is -2.99. The van der Waals surface area contributed by atoms with Gasteiger partial charge in [-0.3, -0.25) is 14.8 Å². The second kappa shape index (κ2) is 8.27. The Bertz CT molecular complexity index is 1050. The number of aromatic amines is 1. The highest BCUT2D eigenvalue weighted by atomic mass is 19.1. The molecule has 2 aliphatic rings. The lowest BCUT2D eigenvalue weighted by atomic mass is 9.79. The van der Waals surface area contributed by atoms with Crippen molar-refractivity contribution in [3.8, 4) is 11.1 Å². The number of rotatable bonds is 4. The fraction of sp³-hybridized carbons (Fsp3) is 0.360. The van der Waals surface area contributed by atoms with E-state index in [2.05, 4.69) is 15.1 Å². The molecular formula is C25H27FN4O. The van der Waals surface area contributed by atoms with Crippen LogP contribution >= 0.6 is 0 Å². The number of carbonyl (C=O) groups excluding carboxylic acids is 1. The smallest absolute Gasteiger partial charge is 0.253 e. The lowest BCUT2D eigenvalue weighted by Gasteiger charge is -2.40. The Labute approximate surface area is 181 Å². The van der Waals surface area contributed by atoms with Crippen LogP contribution in [0.5, 0.6) is 0 Å². The Morgan fingerprint density at radius 2 is 1.94 bits per heavy atom. The molecule has 2 fully saturated rings. The summed E-state index contributed by atoms with van der Waals surface area (Å²) in [6.45, 7) is 4.49. The number of carbonyl (C=O) groups is 1. The van der Waals surface area contributed by atoms with E-state index in [1.807, 2.05) is 47.5 Å². The van der Waals surface area contributed by atoms with Crippen LogP contribution in [0.3, 0.4) is 0 Å². The quantitative estimate of drug-likeness (QED) is 0.686. The van der Waals surface area contributed by atoms with E-state index in [9.17, 15) is 9.18 Å². The Kier molecular flexibility index (Phi) is 5.32. The Morgan fingerprint density at radius 1 is 1.06 bits per heavy atom. The molecule has 5 nitrogen and oxygen atoms in total. The molecule has 2 aromatic carbocycles. The lowest BCUT2D eigenvalue weighted by molar-refractivity contribution is 0.0675. The number of nitrogens with one attached hydrogen (secondary N) is 1. The number of benzene rings is 2. The first-order valence-corrected chi connectivity index (χ1v) is 11.0. The van der Waals surface area contributed by atoms with Gasteiger partial charge in [0.25, 0.3) is 5.91 Å². The van der Waals surface area contributed by atoms with Gasteiger partial charge in [0.1, 0.15) is 5.82 Å². The van der Waals surface area contributed by atoms with Gasteiger partial charge in [-0.05, 0) is 61.2 Å². The average Bonchev–Trinajstić information content (AvgIpc) is 3.46. The van der Waals surface area contributed by atoms with Crippen LogP contribution in [-0.2, 0) is 6.54 Å². The van der Waals surface area contributed by atoms with Gasteiger partial charge in [-0.2, -0.15) is 5.10 Å². The molecule has 1 unspecified atom stereocenters. The van der Waals surface area contributed by atoms with Gasteiger partial charge < -0.3 is 4.90 Å². The van der Waals surface area contributed by atoms with Gasteiger partial charge in [-0.25, -0.2) is 4.39 Å². The van der Waals surface area contributed by atoms with Crippen LogP contribution < -0.4 is 0 Å². The van der Waals surface area contributed by atoms with Crippen molar-refractivity contribution in [2.45, 2.75) is 25.8 Å². The van der Waals surface area contributed by atoms with Crippen LogP contribution in [0.25, 0.3) is 11.1 Å². The van der Waals surface area contributed by atoms with Gasteiger partial charge in [-0.15, -0.1) is 0 Å². The van der Waals surface area contributed by atoms with Crippen LogP contribution in [0, 0.1) is 11.2 Å². The maximum absolute atomic E-state index is 13.3. The summed E-state index contributed by atoms with van der Waals surface area (Å²) in [4.78, 5) is 17.7. The number of H-pyrrole nitrogens is 1. The molecule has 0 radical (unpaired) electrons. The van der Waals surface area contributed by atoms with Crippen molar-refractivity contribution in [1.29, 1.82) is 0 Å². The highest BCUT2D eigenvalue weighted by Gasteiger charge is 2.42. The van der Waals surface area contributed by atoms with E-state index in [0.717, 1.165) is 74.2 Å².